The van der Waals surface area contributed by atoms with Crippen molar-refractivity contribution < 1.29 is 14.3 Å². The van der Waals surface area contributed by atoms with Gasteiger partial charge in [0.05, 0.1) is 11.3 Å². The fourth-order valence-corrected chi connectivity index (χ4v) is 2.84. The summed E-state index contributed by atoms with van der Waals surface area (Å²) in [7, 11) is 0. The van der Waals surface area contributed by atoms with E-state index >= 15 is 0 Å². The highest BCUT2D eigenvalue weighted by Gasteiger charge is 2.23. The molecule has 25 heavy (non-hydrogen) atoms. The Balaban J connectivity index is 1.72. The molecule has 1 fully saturated rings. The average molecular weight is 359 g/mol. The molecule has 2 aromatic carbocycles. The van der Waals surface area contributed by atoms with Crippen molar-refractivity contribution in [3.63, 3.8) is 0 Å². The second-order valence-corrected chi connectivity index (χ2v) is 6.32. The molecule has 1 heterocycles. The van der Waals surface area contributed by atoms with Crippen molar-refractivity contribution in [2.75, 3.05) is 23.8 Å². The number of ether oxygens (including phenoxy) is 1. The second-order valence-electron chi connectivity index (χ2n) is 5.88. The third-order valence-corrected chi connectivity index (χ3v) is 4.38. The van der Waals surface area contributed by atoms with Crippen molar-refractivity contribution >= 4 is 34.8 Å². The van der Waals surface area contributed by atoms with Gasteiger partial charge in [0.15, 0.2) is 0 Å². The molecule has 2 N–H and O–H groups in total. The van der Waals surface area contributed by atoms with Crippen molar-refractivity contribution in [2.24, 2.45) is 5.92 Å². The van der Waals surface area contributed by atoms with Crippen molar-refractivity contribution in [1.29, 1.82) is 0 Å². The highest BCUT2D eigenvalue weighted by molar-refractivity contribution is 6.30. The first kappa shape index (κ1) is 17.5. The van der Waals surface area contributed by atoms with Gasteiger partial charge in [0.1, 0.15) is 0 Å². The summed E-state index contributed by atoms with van der Waals surface area (Å²) in [6, 6.07) is 13.8. The Morgan fingerprint density at radius 1 is 0.960 bits per heavy atom. The summed E-state index contributed by atoms with van der Waals surface area (Å²) >= 11 is 5.85. The molecule has 0 aliphatic carbocycles. The quantitative estimate of drug-likeness (QED) is 0.869. The molecule has 1 aliphatic rings. The Bertz CT molecular complexity index is 756. The van der Waals surface area contributed by atoms with Crippen molar-refractivity contribution in [2.45, 2.75) is 12.8 Å². The van der Waals surface area contributed by atoms with Crippen LogP contribution in [0.5, 0.6) is 0 Å². The molecule has 2 amide bonds. The van der Waals surface area contributed by atoms with Crippen LogP contribution in [-0.4, -0.2) is 25.0 Å². The summed E-state index contributed by atoms with van der Waals surface area (Å²) in [5.41, 5.74) is 1.56. The molecule has 2 aromatic rings. The monoisotopic (exact) mass is 358 g/mol. The molecule has 0 saturated carbocycles. The fraction of sp³-hybridized carbons (Fsp3) is 0.263. The molecule has 1 saturated heterocycles. The predicted molar refractivity (Wildman–Crippen MR) is 98.0 cm³/mol. The van der Waals surface area contributed by atoms with E-state index in [1.165, 1.54) is 0 Å². The molecule has 5 nitrogen and oxygen atoms in total. The van der Waals surface area contributed by atoms with Gasteiger partial charge in [0.25, 0.3) is 5.91 Å². The van der Waals surface area contributed by atoms with E-state index in [1.54, 1.807) is 48.5 Å². The van der Waals surface area contributed by atoms with E-state index in [0.29, 0.717) is 48.0 Å². The first-order valence-electron chi connectivity index (χ1n) is 8.18. The van der Waals surface area contributed by atoms with E-state index in [4.69, 9.17) is 16.3 Å². The van der Waals surface area contributed by atoms with Gasteiger partial charge in [-0.25, -0.2) is 0 Å². The van der Waals surface area contributed by atoms with Crippen LogP contribution >= 0.6 is 11.6 Å². The maximum atomic E-state index is 12.6. The molecule has 3 rings (SSSR count). The standard InChI is InChI=1S/C19H19ClN2O3/c20-14-5-7-15(8-6-14)21-19(24)16-3-1-2-4-17(16)22-18(23)13-9-11-25-12-10-13/h1-8,13H,9-12H2,(H,21,24)(H,22,23). The minimum absolute atomic E-state index is 0.0740. The highest BCUT2D eigenvalue weighted by atomic mass is 35.5. The third kappa shape index (κ3) is 4.59. The van der Waals surface area contributed by atoms with Crippen LogP contribution in [0.15, 0.2) is 48.5 Å². The molecular weight excluding hydrogens is 340 g/mol. The number of anilines is 2. The minimum atomic E-state index is -0.287. The van der Waals surface area contributed by atoms with E-state index < -0.39 is 0 Å². The van der Waals surface area contributed by atoms with Gasteiger partial charge in [-0.3, -0.25) is 9.59 Å². The van der Waals surface area contributed by atoms with Crippen LogP contribution < -0.4 is 10.6 Å². The molecule has 0 spiro atoms. The molecule has 0 radical (unpaired) electrons. The normalized spacial score (nSPS) is 14.8. The van der Waals surface area contributed by atoms with E-state index in [2.05, 4.69) is 10.6 Å². The molecule has 6 heteroatoms. The van der Waals surface area contributed by atoms with Crippen molar-refractivity contribution in [1.82, 2.24) is 0 Å². The van der Waals surface area contributed by atoms with Gasteiger partial charge in [0, 0.05) is 29.8 Å². The van der Waals surface area contributed by atoms with Crippen LogP contribution in [0.25, 0.3) is 0 Å². The first-order valence-corrected chi connectivity index (χ1v) is 8.56. The number of benzene rings is 2. The highest BCUT2D eigenvalue weighted by Crippen LogP contribution is 2.22. The van der Waals surface area contributed by atoms with E-state index in [9.17, 15) is 9.59 Å². The zero-order chi connectivity index (χ0) is 17.6. The molecule has 130 valence electrons. The van der Waals surface area contributed by atoms with Gasteiger partial charge in [-0.05, 0) is 49.2 Å². The summed E-state index contributed by atoms with van der Waals surface area (Å²) in [4.78, 5) is 25.0. The number of carbonyl (C=O) groups is 2. The number of hydrogen-bond donors (Lipinski definition) is 2. The van der Waals surface area contributed by atoms with Gasteiger partial charge in [0.2, 0.25) is 5.91 Å². The van der Waals surface area contributed by atoms with Crippen LogP contribution in [0.2, 0.25) is 5.02 Å². The third-order valence-electron chi connectivity index (χ3n) is 4.12. The Morgan fingerprint density at radius 3 is 2.36 bits per heavy atom. The zero-order valence-electron chi connectivity index (χ0n) is 13.6. The number of hydrogen-bond acceptors (Lipinski definition) is 3. The lowest BCUT2D eigenvalue weighted by molar-refractivity contribution is -0.122. The topological polar surface area (TPSA) is 67.4 Å². The van der Waals surface area contributed by atoms with E-state index in [1.807, 2.05) is 0 Å². The number of rotatable bonds is 4. The Morgan fingerprint density at radius 2 is 1.64 bits per heavy atom. The number of para-hydroxylation sites is 1. The lowest BCUT2D eigenvalue weighted by atomic mass is 9.99. The molecule has 0 aromatic heterocycles. The van der Waals surface area contributed by atoms with Gasteiger partial charge in [-0.2, -0.15) is 0 Å². The fourth-order valence-electron chi connectivity index (χ4n) is 2.72. The first-order chi connectivity index (χ1) is 12.1. The van der Waals surface area contributed by atoms with Crippen LogP contribution in [0.1, 0.15) is 23.2 Å². The summed E-state index contributed by atoms with van der Waals surface area (Å²) in [5, 5.41) is 6.29. The van der Waals surface area contributed by atoms with Gasteiger partial charge < -0.3 is 15.4 Å². The zero-order valence-corrected chi connectivity index (χ0v) is 14.4. The largest absolute Gasteiger partial charge is 0.381 e. The lowest BCUT2D eigenvalue weighted by Crippen LogP contribution is -2.29. The predicted octanol–water partition coefficient (Wildman–Crippen LogP) is 3.96. The van der Waals surface area contributed by atoms with E-state index in [0.717, 1.165) is 0 Å². The summed E-state index contributed by atoms with van der Waals surface area (Å²) in [5.74, 6) is -0.443. The molecule has 0 unspecified atom stereocenters. The van der Waals surface area contributed by atoms with Crippen molar-refractivity contribution in [3.8, 4) is 0 Å². The van der Waals surface area contributed by atoms with Crippen LogP contribution in [-0.2, 0) is 9.53 Å². The van der Waals surface area contributed by atoms with Gasteiger partial charge in [-0.1, -0.05) is 23.7 Å². The SMILES string of the molecule is O=C(Nc1ccc(Cl)cc1)c1ccccc1NC(=O)C1CCOCC1. The van der Waals surface area contributed by atoms with Crippen LogP contribution in [0.4, 0.5) is 11.4 Å². The Hall–Kier alpha value is -2.37. The van der Waals surface area contributed by atoms with Crippen molar-refractivity contribution in [3.05, 3.63) is 59.1 Å². The summed E-state index contributed by atoms with van der Waals surface area (Å²) < 4.78 is 5.28. The molecule has 1 aliphatic heterocycles. The van der Waals surface area contributed by atoms with E-state index in [-0.39, 0.29) is 17.7 Å². The van der Waals surface area contributed by atoms with Gasteiger partial charge >= 0.3 is 0 Å². The van der Waals surface area contributed by atoms with Crippen LogP contribution in [0, 0.1) is 5.92 Å². The maximum Gasteiger partial charge on any atom is 0.257 e. The molecular formula is C19H19ClN2O3. The molecule has 0 bridgehead atoms. The lowest BCUT2D eigenvalue weighted by Gasteiger charge is -2.21. The number of amides is 2. The number of carbonyl (C=O) groups excluding carboxylic acids is 2. The minimum Gasteiger partial charge on any atom is -0.381 e. The summed E-state index contributed by atoms with van der Waals surface area (Å²) in [6.45, 7) is 1.19. The number of halogens is 1. The Kier molecular flexibility index (Phi) is 5.68. The maximum absolute atomic E-state index is 12.6. The average Bonchev–Trinajstić information content (AvgIpc) is 2.64. The summed E-state index contributed by atoms with van der Waals surface area (Å²) in [6.07, 6.45) is 1.40. The van der Waals surface area contributed by atoms with Crippen LogP contribution in [0.3, 0.4) is 0 Å². The van der Waals surface area contributed by atoms with Gasteiger partial charge in [-0.15, -0.1) is 0 Å². The second kappa shape index (κ2) is 8.14. The Labute approximate surface area is 151 Å². The molecule has 0 atom stereocenters. The number of nitrogens with one attached hydrogen (secondary N) is 2. The smallest absolute Gasteiger partial charge is 0.257 e.